The molecular formula is C23H29N5O4. The molecule has 7 N–H and O–H groups in total. The van der Waals surface area contributed by atoms with Crippen molar-refractivity contribution < 1.29 is 15.3 Å². The maximum atomic E-state index is 12.7. The van der Waals surface area contributed by atoms with Crippen LogP contribution in [-0.2, 0) is 6.54 Å². The van der Waals surface area contributed by atoms with Gasteiger partial charge in [-0.3, -0.25) is 19.6 Å². The summed E-state index contributed by atoms with van der Waals surface area (Å²) in [6, 6.07) is 6.39. The van der Waals surface area contributed by atoms with Gasteiger partial charge in [0, 0.05) is 25.0 Å². The Morgan fingerprint density at radius 3 is 2.62 bits per heavy atom. The van der Waals surface area contributed by atoms with E-state index in [1.165, 1.54) is 12.1 Å². The molecule has 0 unspecified atom stereocenters. The lowest BCUT2D eigenvalue weighted by molar-refractivity contribution is 0.291. The number of nitrogens with zero attached hydrogens (tertiary/aromatic N) is 2. The first-order valence-corrected chi connectivity index (χ1v) is 11.0. The Labute approximate surface area is 184 Å². The molecule has 4 rings (SSSR count). The Hall–Kier alpha value is -3.14. The number of aliphatic hydroxyl groups is 1. The number of benzene rings is 3. The zero-order chi connectivity index (χ0) is 22.7. The quantitative estimate of drug-likeness (QED) is 0.161. The minimum absolute atomic E-state index is 0.0523. The number of phenolic OH excluding ortho intramolecular Hbond substituents is 2. The van der Waals surface area contributed by atoms with Gasteiger partial charge in [0.05, 0.1) is 45.7 Å². The molecule has 0 aliphatic carbocycles. The summed E-state index contributed by atoms with van der Waals surface area (Å²) in [4.78, 5) is 17.4. The summed E-state index contributed by atoms with van der Waals surface area (Å²) in [5, 5.41) is 39.3. The normalized spacial score (nSPS) is 12.6. The standard InChI is InChI=1S/C23H29N5O4/c24-8-2-1-3-9-26-14-4-5-15-19-18(14)23(32)21-17(31)7-6-16(30)20(21)22(19)27-28(15)12-10-25-11-13-29/h4-7,25,27,29,31-32H,1-3,8-13,24H2. The van der Waals surface area contributed by atoms with Gasteiger partial charge in [0.15, 0.2) is 5.43 Å². The van der Waals surface area contributed by atoms with Gasteiger partial charge in [-0.05, 0) is 43.7 Å². The second-order valence-electron chi connectivity index (χ2n) is 7.88. The molecule has 0 saturated carbocycles. The van der Waals surface area contributed by atoms with Gasteiger partial charge >= 0.3 is 0 Å². The fourth-order valence-electron chi connectivity index (χ4n) is 4.25. The summed E-state index contributed by atoms with van der Waals surface area (Å²) >= 11 is 0. The van der Waals surface area contributed by atoms with Crippen LogP contribution in [0.2, 0.25) is 0 Å². The third kappa shape index (κ3) is 3.90. The summed E-state index contributed by atoms with van der Waals surface area (Å²) in [5.74, 6) is -0.294. The summed E-state index contributed by atoms with van der Waals surface area (Å²) < 4.78 is 1.90. The molecule has 0 aliphatic rings. The van der Waals surface area contributed by atoms with Gasteiger partial charge in [-0.15, -0.1) is 0 Å². The number of nitrogens with two attached hydrogens (primary N) is 1. The number of aromatic hydroxyl groups is 2. The molecule has 0 radical (unpaired) electrons. The summed E-state index contributed by atoms with van der Waals surface area (Å²) in [5.41, 5.74) is 6.66. The molecule has 0 spiro atoms. The molecule has 0 fully saturated rings. The molecule has 9 heteroatoms. The number of nitrogens with one attached hydrogen (secondary N) is 2. The van der Waals surface area contributed by atoms with Gasteiger partial charge in [0.25, 0.3) is 0 Å². The number of aromatic nitrogens is 2. The second-order valence-corrected chi connectivity index (χ2v) is 7.88. The molecule has 9 nitrogen and oxygen atoms in total. The van der Waals surface area contributed by atoms with Crippen LogP contribution in [0, 0.1) is 0 Å². The van der Waals surface area contributed by atoms with Crippen molar-refractivity contribution in [2.24, 2.45) is 10.7 Å². The molecule has 170 valence electrons. The van der Waals surface area contributed by atoms with Gasteiger partial charge in [-0.2, -0.15) is 0 Å². The molecule has 0 saturated heterocycles. The van der Waals surface area contributed by atoms with Crippen molar-refractivity contribution in [1.29, 1.82) is 0 Å². The first kappa shape index (κ1) is 22.1. The van der Waals surface area contributed by atoms with Gasteiger partial charge in [-0.25, -0.2) is 0 Å². The topological polar surface area (TPSA) is 149 Å². The number of unbranched alkanes of at least 4 members (excludes halogenated alkanes) is 2. The van der Waals surface area contributed by atoms with E-state index in [2.05, 4.69) is 10.4 Å². The minimum Gasteiger partial charge on any atom is -0.507 e. The number of phenols is 2. The highest BCUT2D eigenvalue weighted by molar-refractivity contribution is 6.23. The Balaban J connectivity index is 1.95. The number of rotatable bonds is 10. The molecule has 0 atom stereocenters. The number of fused-ring (bicyclic) bond motifs is 2. The van der Waals surface area contributed by atoms with E-state index in [1.54, 1.807) is 0 Å². The number of aromatic amines is 1. The minimum atomic E-state index is -0.284. The van der Waals surface area contributed by atoms with Crippen LogP contribution in [0.15, 0.2) is 34.1 Å². The average molecular weight is 440 g/mol. The van der Waals surface area contributed by atoms with E-state index in [1.807, 2.05) is 16.8 Å². The third-order valence-electron chi connectivity index (χ3n) is 5.76. The largest absolute Gasteiger partial charge is 0.507 e. The van der Waals surface area contributed by atoms with Crippen LogP contribution in [-0.4, -0.2) is 57.9 Å². The Morgan fingerprint density at radius 1 is 1.00 bits per heavy atom. The summed E-state index contributed by atoms with van der Waals surface area (Å²) in [6.07, 6.45) is 2.81. The van der Waals surface area contributed by atoms with Crippen molar-refractivity contribution in [3.63, 3.8) is 0 Å². The zero-order valence-corrected chi connectivity index (χ0v) is 17.9. The van der Waals surface area contributed by atoms with Crippen molar-refractivity contribution in [1.82, 2.24) is 15.1 Å². The van der Waals surface area contributed by atoms with Crippen LogP contribution < -0.4 is 21.8 Å². The molecule has 4 aromatic rings. The average Bonchev–Trinajstić information content (AvgIpc) is 3.15. The van der Waals surface area contributed by atoms with Crippen LogP contribution in [0.5, 0.6) is 11.5 Å². The molecule has 0 aliphatic heterocycles. The fraction of sp³-hybridized carbons (Fsp3) is 0.391. The van der Waals surface area contributed by atoms with Crippen molar-refractivity contribution in [3.05, 3.63) is 39.8 Å². The van der Waals surface area contributed by atoms with E-state index in [-0.39, 0.29) is 34.3 Å². The predicted molar refractivity (Wildman–Crippen MR) is 125 cm³/mol. The SMILES string of the molecule is NCCCCCN=c1ccc2c3c1c(O)c1c(O)ccc(=O)c1c3[nH]n2CCNCCO. The maximum Gasteiger partial charge on any atom is 0.189 e. The second kappa shape index (κ2) is 9.56. The van der Waals surface area contributed by atoms with Crippen LogP contribution in [0.1, 0.15) is 19.3 Å². The van der Waals surface area contributed by atoms with Crippen LogP contribution in [0.3, 0.4) is 0 Å². The molecule has 0 bridgehead atoms. The first-order valence-electron chi connectivity index (χ1n) is 11.0. The van der Waals surface area contributed by atoms with E-state index in [4.69, 9.17) is 15.8 Å². The zero-order valence-electron chi connectivity index (χ0n) is 17.9. The van der Waals surface area contributed by atoms with Gasteiger partial charge in [0.2, 0.25) is 0 Å². The van der Waals surface area contributed by atoms with E-state index >= 15 is 0 Å². The van der Waals surface area contributed by atoms with Gasteiger partial charge in [0.1, 0.15) is 11.5 Å². The Bertz CT molecular complexity index is 1360. The van der Waals surface area contributed by atoms with Crippen LogP contribution in [0.4, 0.5) is 0 Å². The highest BCUT2D eigenvalue weighted by atomic mass is 16.3. The summed E-state index contributed by atoms with van der Waals surface area (Å²) in [7, 11) is 0. The Kier molecular flexibility index (Phi) is 6.59. The number of hydrogen-bond donors (Lipinski definition) is 6. The van der Waals surface area contributed by atoms with E-state index in [9.17, 15) is 15.0 Å². The Morgan fingerprint density at radius 2 is 1.84 bits per heavy atom. The van der Waals surface area contributed by atoms with Gasteiger partial charge < -0.3 is 26.4 Å². The lowest BCUT2D eigenvalue weighted by Gasteiger charge is -2.09. The highest BCUT2D eigenvalue weighted by Crippen LogP contribution is 2.41. The number of H-pyrrole nitrogens is 1. The maximum absolute atomic E-state index is 12.7. The smallest absolute Gasteiger partial charge is 0.189 e. The molecular weight excluding hydrogens is 410 g/mol. The van der Waals surface area contributed by atoms with Crippen LogP contribution >= 0.6 is 0 Å². The predicted octanol–water partition coefficient (Wildman–Crippen LogP) is 1.10. The summed E-state index contributed by atoms with van der Waals surface area (Å²) in [6.45, 7) is 2.96. The lowest BCUT2D eigenvalue weighted by Crippen LogP contribution is -2.23. The van der Waals surface area contributed by atoms with E-state index < -0.39 is 0 Å². The van der Waals surface area contributed by atoms with Crippen molar-refractivity contribution in [2.75, 3.05) is 32.8 Å². The lowest BCUT2D eigenvalue weighted by atomic mass is 9.99. The molecule has 32 heavy (non-hydrogen) atoms. The number of hydrogen-bond acceptors (Lipinski definition) is 7. The van der Waals surface area contributed by atoms with Crippen molar-refractivity contribution in [3.8, 4) is 11.5 Å². The first-order chi connectivity index (χ1) is 15.6. The monoisotopic (exact) mass is 439 g/mol. The highest BCUT2D eigenvalue weighted by Gasteiger charge is 2.21. The molecule has 1 heterocycles. The van der Waals surface area contributed by atoms with E-state index in [0.29, 0.717) is 54.4 Å². The molecule has 0 amide bonds. The third-order valence-corrected chi connectivity index (χ3v) is 5.76. The van der Waals surface area contributed by atoms with Gasteiger partial charge in [-0.1, -0.05) is 6.42 Å². The molecule has 1 aromatic heterocycles. The van der Waals surface area contributed by atoms with Crippen LogP contribution in [0.25, 0.3) is 32.6 Å². The number of aliphatic hydroxyl groups excluding tert-OH is 1. The molecule has 3 aromatic carbocycles. The fourth-order valence-corrected chi connectivity index (χ4v) is 4.25. The van der Waals surface area contributed by atoms with Crippen molar-refractivity contribution >= 4 is 32.6 Å². The van der Waals surface area contributed by atoms with E-state index in [0.717, 1.165) is 24.8 Å². The van der Waals surface area contributed by atoms with Crippen molar-refractivity contribution in [2.45, 2.75) is 25.8 Å².